The first-order valence-corrected chi connectivity index (χ1v) is 8.32. The van der Waals surface area contributed by atoms with Crippen LogP contribution >= 0.6 is 0 Å². The number of benzene rings is 3. The van der Waals surface area contributed by atoms with E-state index in [4.69, 9.17) is 0 Å². The van der Waals surface area contributed by atoms with Crippen molar-refractivity contribution in [1.29, 1.82) is 0 Å². The van der Waals surface area contributed by atoms with Crippen LogP contribution in [0.25, 0.3) is 43.6 Å². The van der Waals surface area contributed by atoms with E-state index in [1.54, 1.807) is 29.8 Å². The smallest absolute Gasteiger partial charge is 0.197 e. The zero-order chi connectivity index (χ0) is 18.9. The molecule has 5 aromatic rings. The van der Waals surface area contributed by atoms with Crippen LogP contribution in [0, 0.1) is 11.6 Å². The Morgan fingerprint density at radius 3 is 2.26 bits per heavy atom. The quantitative estimate of drug-likeness (QED) is 0.424. The van der Waals surface area contributed by atoms with Crippen molar-refractivity contribution in [3.63, 3.8) is 0 Å². The first-order chi connectivity index (χ1) is 13.0. The highest BCUT2D eigenvalue weighted by Crippen LogP contribution is 2.25. The molecular weight excluding hydrogens is 350 g/mol. The van der Waals surface area contributed by atoms with Crippen molar-refractivity contribution in [3.8, 4) is 0 Å². The topological polar surface area (TPSA) is 54.9 Å². The molecule has 0 aliphatic rings. The SMILES string of the molecule is Cn1c2cc3c(=O)c4cccc(F)c4[nH]c3cc2c(=O)c2cccc(F)c21. The fraction of sp³-hybridized carbons (Fsp3) is 0.0476. The maximum atomic E-state index is 14.3. The lowest BCUT2D eigenvalue weighted by Gasteiger charge is -2.12. The van der Waals surface area contributed by atoms with E-state index in [0.717, 1.165) is 0 Å². The summed E-state index contributed by atoms with van der Waals surface area (Å²) in [6.07, 6.45) is 0. The van der Waals surface area contributed by atoms with Crippen LogP contribution in [0.5, 0.6) is 0 Å². The standard InChI is InChI=1S/C21H12F2N2O2/c1-25-17-9-12-16(24-18-10(20(12)26)4-2-6-14(18)22)8-13(17)21(27)11-5-3-7-15(23)19(11)25/h2-9H,1H3,(H,24,26). The number of rotatable bonds is 0. The van der Waals surface area contributed by atoms with Crippen molar-refractivity contribution in [2.45, 2.75) is 0 Å². The second kappa shape index (κ2) is 5.23. The summed E-state index contributed by atoms with van der Waals surface area (Å²) in [5.74, 6) is -1.05. The molecule has 4 nitrogen and oxygen atoms in total. The average Bonchev–Trinajstić information content (AvgIpc) is 2.66. The van der Waals surface area contributed by atoms with Crippen molar-refractivity contribution >= 4 is 43.6 Å². The molecule has 1 N–H and O–H groups in total. The van der Waals surface area contributed by atoms with Gasteiger partial charge in [-0.2, -0.15) is 0 Å². The van der Waals surface area contributed by atoms with Crippen molar-refractivity contribution in [3.05, 3.63) is 80.6 Å². The van der Waals surface area contributed by atoms with Gasteiger partial charge in [0.25, 0.3) is 0 Å². The molecular formula is C21H12F2N2O2. The minimum Gasteiger partial charge on any atom is -0.352 e. The summed E-state index contributed by atoms with van der Waals surface area (Å²) >= 11 is 0. The minimum atomic E-state index is -0.542. The summed E-state index contributed by atoms with van der Waals surface area (Å²) in [4.78, 5) is 28.7. The maximum Gasteiger partial charge on any atom is 0.197 e. The molecule has 0 aliphatic carbocycles. The van der Waals surface area contributed by atoms with E-state index in [9.17, 15) is 18.4 Å². The van der Waals surface area contributed by atoms with E-state index < -0.39 is 11.6 Å². The van der Waals surface area contributed by atoms with Gasteiger partial charge in [0.2, 0.25) is 0 Å². The summed E-state index contributed by atoms with van der Waals surface area (Å²) in [7, 11) is 1.65. The first kappa shape index (κ1) is 15.7. The lowest BCUT2D eigenvalue weighted by Crippen LogP contribution is -2.12. The Balaban J connectivity index is 2.08. The molecule has 3 aromatic carbocycles. The van der Waals surface area contributed by atoms with E-state index in [1.807, 2.05) is 0 Å². The number of nitrogens with one attached hydrogen (secondary N) is 1. The summed E-state index contributed by atoms with van der Waals surface area (Å²) < 4.78 is 30.0. The number of nitrogens with zero attached hydrogens (tertiary/aromatic N) is 1. The molecule has 0 amide bonds. The Hall–Kier alpha value is -3.54. The van der Waals surface area contributed by atoms with Gasteiger partial charge in [0, 0.05) is 28.6 Å². The number of fused-ring (bicyclic) bond motifs is 4. The van der Waals surface area contributed by atoms with Gasteiger partial charge in [-0.15, -0.1) is 0 Å². The van der Waals surface area contributed by atoms with E-state index in [0.29, 0.717) is 21.8 Å². The van der Waals surface area contributed by atoms with Gasteiger partial charge in [0.05, 0.1) is 22.1 Å². The van der Waals surface area contributed by atoms with Gasteiger partial charge >= 0.3 is 0 Å². The largest absolute Gasteiger partial charge is 0.352 e. The molecule has 0 aliphatic heterocycles. The second-order valence-electron chi connectivity index (χ2n) is 6.56. The molecule has 0 bridgehead atoms. The Labute approximate surface area is 150 Å². The predicted molar refractivity (Wildman–Crippen MR) is 102 cm³/mol. The zero-order valence-corrected chi connectivity index (χ0v) is 14.1. The van der Waals surface area contributed by atoms with Gasteiger partial charge in [0.1, 0.15) is 11.6 Å². The molecule has 0 saturated carbocycles. The van der Waals surface area contributed by atoms with Gasteiger partial charge in [-0.05, 0) is 36.4 Å². The zero-order valence-electron chi connectivity index (χ0n) is 14.1. The number of hydrogen-bond donors (Lipinski definition) is 1. The van der Waals surface area contributed by atoms with Crippen LogP contribution in [0.4, 0.5) is 8.78 Å². The molecule has 27 heavy (non-hydrogen) atoms. The highest BCUT2D eigenvalue weighted by atomic mass is 19.1. The number of aromatic nitrogens is 2. The number of pyridine rings is 2. The summed E-state index contributed by atoms with van der Waals surface area (Å²) in [6, 6.07) is 11.7. The summed E-state index contributed by atoms with van der Waals surface area (Å²) in [5, 5.41) is 1.11. The Morgan fingerprint density at radius 1 is 0.815 bits per heavy atom. The third kappa shape index (κ3) is 2.01. The summed E-state index contributed by atoms with van der Waals surface area (Å²) in [5.41, 5.74) is 0.384. The molecule has 6 heteroatoms. The van der Waals surface area contributed by atoms with Crippen molar-refractivity contribution in [1.82, 2.24) is 9.55 Å². The van der Waals surface area contributed by atoms with Crippen LogP contribution in [0.15, 0.2) is 58.1 Å². The maximum absolute atomic E-state index is 14.3. The third-order valence-corrected chi connectivity index (χ3v) is 5.07. The molecule has 0 radical (unpaired) electrons. The van der Waals surface area contributed by atoms with Crippen LogP contribution in [-0.4, -0.2) is 9.55 Å². The predicted octanol–water partition coefficient (Wildman–Crippen LogP) is 3.96. The van der Waals surface area contributed by atoms with Gasteiger partial charge in [-0.3, -0.25) is 9.59 Å². The van der Waals surface area contributed by atoms with Gasteiger partial charge < -0.3 is 9.55 Å². The fourth-order valence-corrected chi connectivity index (χ4v) is 3.76. The monoisotopic (exact) mass is 362 g/mol. The van der Waals surface area contributed by atoms with Crippen molar-refractivity contribution in [2.75, 3.05) is 0 Å². The lowest BCUT2D eigenvalue weighted by molar-refractivity contribution is 0.632. The average molecular weight is 362 g/mol. The van der Waals surface area contributed by atoms with Gasteiger partial charge in [0.15, 0.2) is 10.9 Å². The van der Waals surface area contributed by atoms with Crippen molar-refractivity contribution < 1.29 is 8.78 Å². The molecule has 0 atom stereocenters. The number of H-pyrrole nitrogens is 1. The number of para-hydroxylation sites is 2. The molecule has 0 unspecified atom stereocenters. The Kier molecular flexibility index (Phi) is 3.04. The molecule has 2 aromatic heterocycles. The van der Waals surface area contributed by atoms with E-state index in [2.05, 4.69) is 4.98 Å². The van der Waals surface area contributed by atoms with Gasteiger partial charge in [-0.1, -0.05) is 12.1 Å². The Bertz CT molecular complexity index is 1550. The molecule has 5 rings (SSSR count). The molecule has 0 spiro atoms. The van der Waals surface area contributed by atoms with Gasteiger partial charge in [-0.25, -0.2) is 8.78 Å². The molecule has 132 valence electrons. The highest BCUT2D eigenvalue weighted by Gasteiger charge is 2.15. The van der Waals surface area contributed by atoms with E-state index >= 15 is 0 Å². The van der Waals surface area contributed by atoms with E-state index in [1.165, 1.54) is 30.3 Å². The van der Waals surface area contributed by atoms with Crippen LogP contribution in [0.3, 0.4) is 0 Å². The highest BCUT2D eigenvalue weighted by molar-refractivity contribution is 6.03. The first-order valence-electron chi connectivity index (χ1n) is 8.32. The van der Waals surface area contributed by atoms with Crippen LogP contribution in [0.2, 0.25) is 0 Å². The minimum absolute atomic E-state index is 0.0954. The number of aromatic amines is 1. The van der Waals surface area contributed by atoms with E-state index in [-0.39, 0.29) is 32.7 Å². The van der Waals surface area contributed by atoms with Crippen LogP contribution in [0.1, 0.15) is 0 Å². The third-order valence-electron chi connectivity index (χ3n) is 5.07. The Morgan fingerprint density at radius 2 is 1.48 bits per heavy atom. The number of halogens is 2. The number of aryl methyl sites for hydroxylation is 1. The summed E-state index contributed by atoms with van der Waals surface area (Å²) in [6.45, 7) is 0. The molecule has 0 fully saturated rings. The lowest BCUT2D eigenvalue weighted by atomic mass is 10.0. The van der Waals surface area contributed by atoms with Crippen LogP contribution in [-0.2, 0) is 7.05 Å². The van der Waals surface area contributed by atoms with Crippen LogP contribution < -0.4 is 10.9 Å². The number of hydrogen-bond acceptors (Lipinski definition) is 2. The van der Waals surface area contributed by atoms with Crippen molar-refractivity contribution in [2.24, 2.45) is 7.05 Å². The normalized spacial score (nSPS) is 11.8. The fourth-order valence-electron chi connectivity index (χ4n) is 3.76. The molecule has 2 heterocycles. The molecule has 0 saturated heterocycles. The second-order valence-corrected chi connectivity index (χ2v) is 6.56.